The van der Waals surface area contributed by atoms with Crippen LogP contribution in [0.15, 0.2) is 12.1 Å². The van der Waals surface area contributed by atoms with E-state index < -0.39 is 0 Å². The van der Waals surface area contributed by atoms with Crippen molar-refractivity contribution in [3.05, 3.63) is 27.7 Å². The van der Waals surface area contributed by atoms with Crippen molar-refractivity contribution in [3.63, 3.8) is 0 Å². The van der Waals surface area contributed by atoms with E-state index in [9.17, 15) is 0 Å². The van der Waals surface area contributed by atoms with Gasteiger partial charge in [0.05, 0.1) is 10.7 Å². The highest BCUT2D eigenvalue weighted by molar-refractivity contribution is 6.35. The molecule has 3 rings (SSSR count). The zero-order valence-electron chi connectivity index (χ0n) is 10.7. The lowest BCUT2D eigenvalue weighted by atomic mass is 9.89. The van der Waals surface area contributed by atoms with E-state index in [4.69, 9.17) is 23.2 Å². The van der Waals surface area contributed by atoms with Crippen LogP contribution in [-0.4, -0.2) is 6.54 Å². The lowest BCUT2D eigenvalue weighted by Gasteiger charge is -2.22. The van der Waals surface area contributed by atoms with E-state index in [-0.39, 0.29) is 0 Å². The Kier molecular flexibility index (Phi) is 3.46. The molecule has 1 aromatic rings. The van der Waals surface area contributed by atoms with Gasteiger partial charge >= 0.3 is 0 Å². The van der Waals surface area contributed by atoms with Gasteiger partial charge in [0.1, 0.15) is 0 Å². The van der Waals surface area contributed by atoms with Crippen molar-refractivity contribution >= 4 is 28.9 Å². The van der Waals surface area contributed by atoms with E-state index in [1.165, 1.54) is 25.7 Å². The Morgan fingerprint density at radius 1 is 1.17 bits per heavy atom. The fraction of sp³-hybridized carbons (Fsp3) is 0.600. The summed E-state index contributed by atoms with van der Waals surface area (Å²) < 4.78 is 0. The summed E-state index contributed by atoms with van der Waals surface area (Å²) in [4.78, 5) is 0. The molecule has 0 heterocycles. The summed E-state index contributed by atoms with van der Waals surface area (Å²) in [6.45, 7) is 3.02. The number of hydrogen-bond acceptors (Lipinski definition) is 1. The van der Waals surface area contributed by atoms with E-state index in [1.807, 2.05) is 19.1 Å². The second-order valence-electron chi connectivity index (χ2n) is 5.90. The van der Waals surface area contributed by atoms with Crippen LogP contribution >= 0.6 is 23.2 Å². The van der Waals surface area contributed by atoms with Crippen molar-refractivity contribution in [3.8, 4) is 0 Å². The monoisotopic (exact) mass is 283 g/mol. The number of aryl methyl sites for hydroxylation is 1. The van der Waals surface area contributed by atoms with Gasteiger partial charge in [0.15, 0.2) is 0 Å². The third kappa shape index (κ3) is 2.35. The van der Waals surface area contributed by atoms with Gasteiger partial charge in [0.25, 0.3) is 0 Å². The maximum atomic E-state index is 6.24. The Bertz CT molecular complexity index is 458. The molecule has 1 nitrogen and oxygen atoms in total. The van der Waals surface area contributed by atoms with Crippen molar-refractivity contribution in [2.24, 2.45) is 17.8 Å². The molecule has 1 N–H and O–H groups in total. The summed E-state index contributed by atoms with van der Waals surface area (Å²) in [7, 11) is 0. The fourth-order valence-electron chi connectivity index (χ4n) is 3.65. The molecule has 3 heteroatoms. The molecule has 1 aromatic carbocycles. The molecule has 0 amide bonds. The van der Waals surface area contributed by atoms with E-state index in [0.29, 0.717) is 0 Å². The highest BCUT2D eigenvalue weighted by Gasteiger charge is 2.39. The Morgan fingerprint density at radius 2 is 2.00 bits per heavy atom. The molecule has 3 atom stereocenters. The van der Waals surface area contributed by atoms with E-state index >= 15 is 0 Å². The number of fused-ring (bicyclic) bond motifs is 2. The smallest absolute Gasteiger partial charge is 0.0641 e. The molecule has 0 spiro atoms. The maximum absolute atomic E-state index is 6.24. The molecule has 2 fully saturated rings. The summed E-state index contributed by atoms with van der Waals surface area (Å²) in [6.07, 6.45) is 5.74. The first-order valence-electron chi connectivity index (χ1n) is 6.83. The predicted octanol–water partition coefficient (Wildman–Crippen LogP) is 5.15. The van der Waals surface area contributed by atoms with Crippen LogP contribution in [0.5, 0.6) is 0 Å². The van der Waals surface area contributed by atoms with Gasteiger partial charge in [-0.3, -0.25) is 0 Å². The maximum Gasteiger partial charge on any atom is 0.0641 e. The second-order valence-corrected chi connectivity index (χ2v) is 6.71. The molecule has 0 radical (unpaired) electrons. The highest BCUT2D eigenvalue weighted by Crippen LogP contribution is 2.48. The van der Waals surface area contributed by atoms with Crippen LogP contribution in [-0.2, 0) is 0 Å². The molecule has 0 aliphatic heterocycles. The van der Waals surface area contributed by atoms with Gasteiger partial charge < -0.3 is 5.32 Å². The first kappa shape index (κ1) is 12.6. The number of halogens is 2. The van der Waals surface area contributed by atoms with Crippen LogP contribution in [0.3, 0.4) is 0 Å². The summed E-state index contributed by atoms with van der Waals surface area (Å²) >= 11 is 12.4. The molecule has 98 valence electrons. The van der Waals surface area contributed by atoms with Crippen molar-refractivity contribution in [2.75, 3.05) is 11.9 Å². The van der Waals surface area contributed by atoms with E-state index in [2.05, 4.69) is 5.32 Å². The van der Waals surface area contributed by atoms with Crippen LogP contribution in [0.25, 0.3) is 0 Å². The minimum Gasteiger partial charge on any atom is -0.384 e. The van der Waals surface area contributed by atoms with Gasteiger partial charge in [-0.15, -0.1) is 0 Å². The molecule has 18 heavy (non-hydrogen) atoms. The average Bonchev–Trinajstić information content (AvgIpc) is 2.94. The van der Waals surface area contributed by atoms with Crippen LogP contribution < -0.4 is 5.32 Å². The number of benzene rings is 1. The molecule has 2 aliphatic carbocycles. The number of anilines is 1. The lowest BCUT2D eigenvalue weighted by molar-refractivity contribution is 0.348. The fourth-order valence-corrected chi connectivity index (χ4v) is 4.10. The number of hydrogen-bond donors (Lipinski definition) is 1. The molecule has 0 aromatic heterocycles. The van der Waals surface area contributed by atoms with Gasteiger partial charge in [0.2, 0.25) is 0 Å². The quantitative estimate of drug-likeness (QED) is 0.809. The minimum absolute atomic E-state index is 0.778. The third-order valence-electron chi connectivity index (χ3n) is 4.69. The Labute approximate surface area is 119 Å². The third-order valence-corrected chi connectivity index (χ3v) is 5.41. The van der Waals surface area contributed by atoms with Gasteiger partial charge in [-0.1, -0.05) is 29.6 Å². The number of rotatable bonds is 3. The predicted molar refractivity (Wildman–Crippen MR) is 78.6 cm³/mol. The summed E-state index contributed by atoms with van der Waals surface area (Å²) in [5.74, 6) is 2.78. The van der Waals surface area contributed by atoms with Crippen LogP contribution in [0.4, 0.5) is 5.69 Å². The van der Waals surface area contributed by atoms with Gasteiger partial charge in [-0.25, -0.2) is 0 Å². The zero-order valence-corrected chi connectivity index (χ0v) is 12.2. The average molecular weight is 284 g/mol. The standard InChI is InChI=1S/C15H19Cl2N/c1-9-4-14(17)15(7-13(9)16)18-8-12-6-10-2-3-11(12)5-10/h4,7,10-12,18H,2-3,5-6,8H2,1H3. The van der Waals surface area contributed by atoms with Gasteiger partial charge in [-0.05, 0) is 61.6 Å². The van der Waals surface area contributed by atoms with Gasteiger partial charge in [-0.2, -0.15) is 0 Å². The van der Waals surface area contributed by atoms with Crippen molar-refractivity contribution in [1.82, 2.24) is 0 Å². The topological polar surface area (TPSA) is 12.0 Å². The van der Waals surface area contributed by atoms with E-state index in [0.717, 1.165) is 45.6 Å². The Hall–Kier alpha value is -0.400. The summed E-state index contributed by atoms with van der Waals surface area (Å²) in [5.41, 5.74) is 2.02. The van der Waals surface area contributed by atoms with Crippen molar-refractivity contribution < 1.29 is 0 Å². The molecule has 3 unspecified atom stereocenters. The normalized spacial score (nSPS) is 29.8. The summed E-state index contributed by atoms with van der Waals surface area (Å²) in [6, 6.07) is 3.89. The SMILES string of the molecule is Cc1cc(Cl)c(NCC2CC3CCC2C3)cc1Cl. The van der Waals surface area contributed by atoms with Crippen LogP contribution in [0, 0.1) is 24.7 Å². The molecule has 2 saturated carbocycles. The van der Waals surface area contributed by atoms with Crippen LogP contribution in [0.2, 0.25) is 10.0 Å². The minimum atomic E-state index is 0.778. The molecular formula is C15H19Cl2N. The van der Waals surface area contributed by atoms with Crippen LogP contribution in [0.1, 0.15) is 31.2 Å². The number of nitrogens with one attached hydrogen (secondary N) is 1. The molecule has 2 bridgehead atoms. The Morgan fingerprint density at radius 3 is 2.67 bits per heavy atom. The molecule has 2 aliphatic rings. The lowest BCUT2D eigenvalue weighted by Crippen LogP contribution is -2.20. The Balaban J connectivity index is 1.65. The van der Waals surface area contributed by atoms with E-state index in [1.54, 1.807) is 0 Å². The van der Waals surface area contributed by atoms with Crippen molar-refractivity contribution in [2.45, 2.75) is 32.6 Å². The van der Waals surface area contributed by atoms with Crippen molar-refractivity contribution in [1.29, 1.82) is 0 Å². The molecular weight excluding hydrogens is 265 g/mol. The molecule has 0 saturated heterocycles. The first-order valence-corrected chi connectivity index (χ1v) is 7.58. The zero-order chi connectivity index (χ0) is 12.7. The highest BCUT2D eigenvalue weighted by atomic mass is 35.5. The first-order chi connectivity index (χ1) is 8.63. The largest absolute Gasteiger partial charge is 0.384 e. The summed E-state index contributed by atoms with van der Waals surface area (Å²) in [5, 5.41) is 5.06. The van der Waals surface area contributed by atoms with Gasteiger partial charge in [0, 0.05) is 11.6 Å². The second kappa shape index (κ2) is 4.94.